The smallest absolute Gasteiger partial charge is 0.313 e. The van der Waals surface area contributed by atoms with Gasteiger partial charge in [-0.3, -0.25) is 14.8 Å². The molecule has 2 unspecified atom stereocenters. The topological polar surface area (TPSA) is 81.2 Å². The molecule has 0 aliphatic carbocycles. The van der Waals surface area contributed by atoms with Crippen molar-refractivity contribution >= 4 is 5.69 Å². The minimum Gasteiger partial charge on any atom is -0.392 e. The van der Waals surface area contributed by atoms with Gasteiger partial charge < -0.3 is 5.11 Å². The second-order valence-corrected chi connectivity index (χ2v) is 4.88. The minimum atomic E-state index is -0.600. The van der Waals surface area contributed by atoms with Crippen LogP contribution in [-0.2, 0) is 0 Å². The van der Waals surface area contributed by atoms with Gasteiger partial charge in [0.1, 0.15) is 11.4 Å². The van der Waals surface area contributed by atoms with E-state index >= 15 is 0 Å². The van der Waals surface area contributed by atoms with Gasteiger partial charge in [0.05, 0.1) is 11.0 Å². The van der Waals surface area contributed by atoms with Crippen LogP contribution in [0.1, 0.15) is 57.5 Å². The van der Waals surface area contributed by atoms with E-state index in [0.717, 1.165) is 0 Å². The molecule has 0 aliphatic heterocycles. The first-order valence-electron chi connectivity index (χ1n) is 6.22. The maximum absolute atomic E-state index is 11.2. The second-order valence-electron chi connectivity index (χ2n) is 4.88. The molecule has 102 valence electrons. The van der Waals surface area contributed by atoms with E-state index in [9.17, 15) is 15.2 Å². The first-order chi connectivity index (χ1) is 8.31. The number of aliphatic hydroxyl groups excluding tert-OH is 1. The van der Waals surface area contributed by atoms with Crippen LogP contribution in [0.2, 0.25) is 0 Å². The first kappa shape index (κ1) is 14.6. The fourth-order valence-electron chi connectivity index (χ4n) is 2.14. The fourth-order valence-corrected chi connectivity index (χ4v) is 2.14. The van der Waals surface area contributed by atoms with Crippen LogP contribution in [-0.4, -0.2) is 25.9 Å². The van der Waals surface area contributed by atoms with Crippen LogP contribution in [0.5, 0.6) is 0 Å². The largest absolute Gasteiger partial charge is 0.392 e. The van der Waals surface area contributed by atoms with Crippen molar-refractivity contribution in [3.63, 3.8) is 0 Å². The number of hydrogen-bond donors (Lipinski definition) is 1. The average molecular weight is 255 g/mol. The van der Waals surface area contributed by atoms with Gasteiger partial charge >= 0.3 is 5.69 Å². The molecule has 2 atom stereocenters. The quantitative estimate of drug-likeness (QED) is 0.647. The van der Waals surface area contributed by atoms with Crippen molar-refractivity contribution in [2.45, 2.75) is 59.1 Å². The van der Waals surface area contributed by atoms with Gasteiger partial charge in [0.15, 0.2) is 0 Å². The van der Waals surface area contributed by atoms with Gasteiger partial charge in [-0.2, -0.15) is 5.10 Å². The summed E-state index contributed by atoms with van der Waals surface area (Å²) >= 11 is 0. The maximum Gasteiger partial charge on any atom is 0.313 e. The fraction of sp³-hybridized carbons (Fsp3) is 0.750. The highest BCUT2D eigenvalue weighted by Gasteiger charge is 2.32. The molecule has 0 aliphatic rings. The summed E-state index contributed by atoms with van der Waals surface area (Å²) in [6.45, 7) is 9.13. The van der Waals surface area contributed by atoms with Gasteiger partial charge in [0, 0.05) is 12.0 Å². The summed E-state index contributed by atoms with van der Waals surface area (Å²) in [5, 5.41) is 25.3. The predicted octanol–water partition coefficient (Wildman–Crippen LogP) is 2.56. The van der Waals surface area contributed by atoms with Crippen molar-refractivity contribution < 1.29 is 10.0 Å². The third-order valence-electron chi connectivity index (χ3n) is 3.19. The Balaban J connectivity index is 3.41. The van der Waals surface area contributed by atoms with Crippen molar-refractivity contribution in [2.75, 3.05) is 0 Å². The Morgan fingerprint density at radius 3 is 2.39 bits per heavy atom. The number of aliphatic hydroxyl groups is 1. The normalized spacial score (nSPS) is 14.8. The zero-order valence-corrected chi connectivity index (χ0v) is 11.5. The van der Waals surface area contributed by atoms with E-state index in [-0.39, 0.29) is 17.6 Å². The van der Waals surface area contributed by atoms with E-state index in [0.29, 0.717) is 17.8 Å². The molecule has 0 saturated heterocycles. The third kappa shape index (κ3) is 2.53. The summed E-state index contributed by atoms with van der Waals surface area (Å²) in [5.41, 5.74) is 0.949. The van der Waals surface area contributed by atoms with Crippen LogP contribution >= 0.6 is 0 Å². The molecule has 1 aromatic heterocycles. The number of aryl methyl sites for hydroxylation is 1. The van der Waals surface area contributed by atoms with Crippen molar-refractivity contribution in [1.29, 1.82) is 0 Å². The van der Waals surface area contributed by atoms with Gasteiger partial charge in [0.2, 0.25) is 0 Å². The molecule has 0 aromatic carbocycles. The standard InChI is InChI=1S/C12H21N3O3/c1-6-10(16)8(4)11-12(15(17)18)9(5)13-14(11)7(2)3/h7-8,10,16H,6H2,1-5H3. The molecule has 1 aromatic rings. The molecule has 1 N–H and O–H groups in total. The zero-order valence-electron chi connectivity index (χ0n) is 11.5. The van der Waals surface area contributed by atoms with Crippen molar-refractivity contribution in [1.82, 2.24) is 9.78 Å². The molecule has 0 saturated carbocycles. The number of nitro groups is 1. The second kappa shape index (κ2) is 5.48. The average Bonchev–Trinajstić information content (AvgIpc) is 2.64. The minimum absolute atomic E-state index is 0.0268. The van der Waals surface area contributed by atoms with Crippen LogP contribution in [0, 0.1) is 17.0 Å². The van der Waals surface area contributed by atoms with E-state index in [1.807, 2.05) is 20.8 Å². The highest BCUT2D eigenvalue weighted by molar-refractivity contribution is 5.43. The summed E-state index contributed by atoms with van der Waals surface area (Å²) < 4.78 is 1.65. The molecule has 0 spiro atoms. The summed E-state index contributed by atoms with van der Waals surface area (Å²) in [7, 11) is 0. The Morgan fingerprint density at radius 1 is 1.44 bits per heavy atom. The summed E-state index contributed by atoms with van der Waals surface area (Å²) in [5.74, 6) is -0.306. The Morgan fingerprint density at radius 2 is 2.00 bits per heavy atom. The first-order valence-corrected chi connectivity index (χ1v) is 6.22. The molecule has 6 heteroatoms. The van der Waals surface area contributed by atoms with E-state index in [1.54, 1.807) is 18.5 Å². The molecule has 0 amide bonds. The van der Waals surface area contributed by atoms with E-state index < -0.39 is 11.0 Å². The van der Waals surface area contributed by atoms with E-state index in [1.165, 1.54) is 0 Å². The molecular formula is C12H21N3O3. The third-order valence-corrected chi connectivity index (χ3v) is 3.19. The van der Waals surface area contributed by atoms with Gasteiger partial charge in [-0.1, -0.05) is 13.8 Å². The van der Waals surface area contributed by atoms with Gasteiger partial charge in [-0.05, 0) is 27.2 Å². The van der Waals surface area contributed by atoms with Crippen LogP contribution in [0.3, 0.4) is 0 Å². The van der Waals surface area contributed by atoms with Crippen molar-refractivity contribution in [3.05, 3.63) is 21.5 Å². The lowest BCUT2D eigenvalue weighted by Crippen LogP contribution is -2.20. The Hall–Kier alpha value is -1.43. The highest BCUT2D eigenvalue weighted by Crippen LogP contribution is 2.34. The lowest BCUT2D eigenvalue weighted by atomic mass is 9.97. The van der Waals surface area contributed by atoms with Gasteiger partial charge in [0.25, 0.3) is 0 Å². The Kier molecular flexibility index (Phi) is 4.45. The van der Waals surface area contributed by atoms with Crippen LogP contribution in [0.4, 0.5) is 5.69 Å². The van der Waals surface area contributed by atoms with Crippen LogP contribution in [0.15, 0.2) is 0 Å². The number of nitrogens with zero attached hydrogens (tertiary/aromatic N) is 3. The van der Waals surface area contributed by atoms with E-state index in [2.05, 4.69) is 5.10 Å². The summed E-state index contributed by atoms with van der Waals surface area (Å²) in [6.07, 6.45) is -0.0435. The van der Waals surface area contributed by atoms with E-state index in [4.69, 9.17) is 0 Å². The Labute approximate surface area is 107 Å². The summed E-state index contributed by atoms with van der Waals surface area (Å²) in [6, 6.07) is 0.0268. The SMILES string of the molecule is CCC(O)C(C)c1c([N+](=O)[O-])c(C)nn1C(C)C. The molecule has 18 heavy (non-hydrogen) atoms. The molecule has 0 radical (unpaired) electrons. The summed E-state index contributed by atoms with van der Waals surface area (Å²) in [4.78, 5) is 10.8. The molecule has 1 heterocycles. The predicted molar refractivity (Wildman–Crippen MR) is 68.7 cm³/mol. The number of aromatic nitrogens is 2. The zero-order chi connectivity index (χ0) is 14.0. The monoisotopic (exact) mass is 255 g/mol. The highest BCUT2D eigenvalue weighted by atomic mass is 16.6. The number of hydrogen-bond acceptors (Lipinski definition) is 4. The molecule has 1 rings (SSSR count). The van der Waals surface area contributed by atoms with Gasteiger partial charge in [-0.25, -0.2) is 0 Å². The lowest BCUT2D eigenvalue weighted by molar-refractivity contribution is -0.386. The molecule has 0 fully saturated rings. The van der Waals surface area contributed by atoms with Crippen LogP contribution < -0.4 is 0 Å². The Bertz CT molecular complexity index is 440. The lowest BCUT2D eigenvalue weighted by Gasteiger charge is -2.19. The maximum atomic E-state index is 11.2. The number of rotatable bonds is 5. The van der Waals surface area contributed by atoms with Crippen molar-refractivity contribution in [2.24, 2.45) is 0 Å². The molecule has 6 nitrogen and oxygen atoms in total. The van der Waals surface area contributed by atoms with Crippen molar-refractivity contribution in [3.8, 4) is 0 Å². The van der Waals surface area contributed by atoms with Gasteiger partial charge in [-0.15, -0.1) is 0 Å². The molecule has 0 bridgehead atoms. The van der Waals surface area contributed by atoms with Crippen LogP contribution in [0.25, 0.3) is 0 Å². The molecular weight excluding hydrogens is 234 g/mol.